The van der Waals surface area contributed by atoms with E-state index in [4.69, 9.17) is 4.74 Å². The largest absolute Gasteiger partial charge is 0.488 e. The molecule has 20 heavy (non-hydrogen) atoms. The molecule has 3 aromatic rings. The van der Waals surface area contributed by atoms with E-state index in [0.717, 1.165) is 22.6 Å². The first-order valence-electron chi connectivity index (χ1n) is 6.37. The van der Waals surface area contributed by atoms with Crippen LogP contribution < -0.4 is 4.74 Å². The van der Waals surface area contributed by atoms with Gasteiger partial charge in [-0.05, 0) is 34.5 Å². The highest BCUT2D eigenvalue weighted by molar-refractivity contribution is 6.00. The minimum atomic E-state index is 0.418. The summed E-state index contributed by atoms with van der Waals surface area (Å²) in [5.74, 6) is 0.607. The zero-order chi connectivity index (χ0) is 13.8. The van der Waals surface area contributed by atoms with E-state index in [0.29, 0.717) is 17.9 Å². The van der Waals surface area contributed by atoms with E-state index in [1.54, 1.807) is 12.4 Å². The average Bonchev–Trinajstić information content (AvgIpc) is 2.53. The molecule has 3 rings (SSSR count). The Labute approximate surface area is 116 Å². The zero-order valence-electron chi connectivity index (χ0n) is 10.8. The maximum Gasteiger partial charge on any atom is 0.154 e. The van der Waals surface area contributed by atoms with Gasteiger partial charge in [-0.2, -0.15) is 0 Å². The van der Waals surface area contributed by atoms with Crippen LogP contribution in [0.4, 0.5) is 0 Å². The minimum Gasteiger partial charge on any atom is -0.488 e. The summed E-state index contributed by atoms with van der Waals surface area (Å²) in [5, 5.41) is 1.94. The second-order valence-corrected chi connectivity index (χ2v) is 4.46. The van der Waals surface area contributed by atoms with Crippen molar-refractivity contribution < 1.29 is 9.53 Å². The smallest absolute Gasteiger partial charge is 0.154 e. The Morgan fingerprint density at radius 3 is 2.60 bits per heavy atom. The van der Waals surface area contributed by atoms with Crippen LogP contribution in [0.3, 0.4) is 0 Å². The fourth-order valence-electron chi connectivity index (χ4n) is 2.16. The second-order valence-electron chi connectivity index (χ2n) is 4.46. The van der Waals surface area contributed by atoms with Crippen molar-refractivity contribution in [2.75, 3.05) is 0 Å². The van der Waals surface area contributed by atoms with E-state index in [2.05, 4.69) is 4.98 Å². The highest BCUT2D eigenvalue weighted by Gasteiger charge is 2.08. The molecule has 0 aliphatic carbocycles. The molecule has 0 unspecified atom stereocenters. The maximum atomic E-state index is 11.4. The van der Waals surface area contributed by atoms with Gasteiger partial charge in [0.1, 0.15) is 12.4 Å². The lowest BCUT2D eigenvalue weighted by molar-refractivity contribution is 0.112. The molecule has 0 bridgehead atoms. The molecular formula is C17H13NO2. The van der Waals surface area contributed by atoms with Gasteiger partial charge in [-0.15, -0.1) is 0 Å². The molecule has 3 nitrogen and oxygen atoms in total. The molecular weight excluding hydrogens is 250 g/mol. The lowest BCUT2D eigenvalue weighted by Crippen LogP contribution is -1.99. The molecule has 98 valence electrons. The van der Waals surface area contributed by atoms with Crippen molar-refractivity contribution in [3.05, 3.63) is 72.1 Å². The third-order valence-electron chi connectivity index (χ3n) is 3.19. The van der Waals surface area contributed by atoms with Crippen LogP contribution >= 0.6 is 0 Å². The number of pyridine rings is 1. The Kier molecular flexibility index (Phi) is 3.42. The number of ether oxygens (including phenoxy) is 1. The fourth-order valence-corrected chi connectivity index (χ4v) is 2.16. The topological polar surface area (TPSA) is 39.2 Å². The monoisotopic (exact) mass is 263 g/mol. The van der Waals surface area contributed by atoms with Crippen molar-refractivity contribution in [3.63, 3.8) is 0 Å². The van der Waals surface area contributed by atoms with Gasteiger partial charge in [-0.25, -0.2) is 0 Å². The lowest BCUT2D eigenvalue weighted by atomic mass is 10.0. The van der Waals surface area contributed by atoms with Crippen LogP contribution in [0.5, 0.6) is 5.75 Å². The van der Waals surface area contributed by atoms with Crippen LogP contribution in [-0.4, -0.2) is 11.3 Å². The number of aldehydes is 1. The predicted molar refractivity (Wildman–Crippen MR) is 77.9 cm³/mol. The van der Waals surface area contributed by atoms with Gasteiger partial charge in [0, 0.05) is 12.4 Å². The molecule has 0 amide bonds. The first kappa shape index (κ1) is 12.4. The summed E-state index contributed by atoms with van der Waals surface area (Å²) in [4.78, 5) is 15.3. The molecule has 0 N–H and O–H groups in total. The summed E-state index contributed by atoms with van der Waals surface area (Å²) >= 11 is 0. The highest BCUT2D eigenvalue weighted by atomic mass is 16.5. The molecule has 0 saturated carbocycles. The summed E-state index contributed by atoms with van der Waals surface area (Å²) in [6.07, 6.45) is 4.30. The van der Waals surface area contributed by atoms with Gasteiger partial charge >= 0.3 is 0 Å². The van der Waals surface area contributed by atoms with Gasteiger partial charge in [-0.3, -0.25) is 9.78 Å². The van der Waals surface area contributed by atoms with Gasteiger partial charge in [0.2, 0.25) is 0 Å². The Morgan fingerprint density at radius 1 is 1.00 bits per heavy atom. The molecule has 1 aromatic heterocycles. The Morgan fingerprint density at radius 2 is 1.80 bits per heavy atom. The van der Waals surface area contributed by atoms with Crippen molar-refractivity contribution in [1.82, 2.24) is 4.98 Å². The number of fused-ring (bicyclic) bond motifs is 1. The lowest BCUT2D eigenvalue weighted by Gasteiger charge is -2.10. The fraction of sp³-hybridized carbons (Fsp3) is 0.0588. The molecule has 3 heteroatoms. The minimum absolute atomic E-state index is 0.418. The van der Waals surface area contributed by atoms with E-state index >= 15 is 0 Å². The number of benzene rings is 2. The number of aromatic nitrogens is 1. The van der Waals surface area contributed by atoms with Crippen LogP contribution in [0, 0.1) is 0 Å². The Bertz CT molecular complexity index is 738. The number of rotatable bonds is 4. The predicted octanol–water partition coefficient (Wildman–Crippen LogP) is 3.63. The molecule has 0 saturated heterocycles. The first-order valence-corrected chi connectivity index (χ1v) is 6.37. The van der Waals surface area contributed by atoms with Gasteiger partial charge in [0.25, 0.3) is 0 Å². The zero-order valence-corrected chi connectivity index (χ0v) is 10.8. The summed E-state index contributed by atoms with van der Waals surface area (Å²) < 4.78 is 5.76. The molecule has 0 atom stereocenters. The average molecular weight is 263 g/mol. The van der Waals surface area contributed by atoms with E-state index in [1.165, 1.54) is 0 Å². The summed E-state index contributed by atoms with van der Waals surface area (Å²) in [6, 6.07) is 15.4. The van der Waals surface area contributed by atoms with Crippen molar-refractivity contribution in [2.24, 2.45) is 0 Å². The second kappa shape index (κ2) is 5.53. The normalized spacial score (nSPS) is 10.4. The number of nitrogens with zero attached hydrogens (tertiary/aromatic N) is 1. The summed E-state index contributed by atoms with van der Waals surface area (Å²) in [5.41, 5.74) is 1.61. The SMILES string of the molecule is O=Cc1c(OCc2ccncc2)ccc2ccccc12. The molecule has 0 aliphatic rings. The number of hydrogen-bond donors (Lipinski definition) is 0. The van der Waals surface area contributed by atoms with Crippen LogP contribution in [0.1, 0.15) is 15.9 Å². The van der Waals surface area contributed by atoms with Crippen LogP contribution in [0.25, 0.3) is 10.8 Å². The van der Waals surface area contributed by atoms with E-state index in [9.17, 15) is 4.79 Å². The van der Waals surface area contributed by atoms with Crippen LogP contribution in [0.15, 0.2) is 60.9 Å². The molecule has 0 fully saturated rings. The number of carbonyl (C=O) groups is 1. The Balaban J connectivity index is 1.93. The first-order chi connectivity index (χ1) is 9.88. The van der Waals surface area contributed by atoms with Crippen LogP contribution in [0.2, 0.25) is 0 Å². The van der Waals surface area contributed by atoms with Crippen LogP contribution in [-0.2, 0) is 6.61 Å². The molecule has 0 aliphatic heterocycles. The standard InChI is InChI=1S/C17H13NO2/c19-11-16-15-4-2-1-3-14(15)5-6-17(16)20-12-13-7-9-18-10-8-13/h1-11H,12H2. The molecule has 0 spiro atoms. The highest BCUT2D eigenvalue weighted by Crippen LogP contribution is 2.27. The van der Waals surface area contributed by atoms with Gasteiger partial charge in [0.15, 0.2) is 6.29 Å². The third-order valence-corrected chi connectivity index (χ3v) is 3.19. The summed E-state index contributed by atoms with van der Waals surface area (Å²) in [7, 11) is 0. The third kappa shape index (κ3) is 2.38. The number of hydrogen-bond acceptors (Lipinski definition) is 3. The van der Waals surface area contributed by atoms with Gasteiger partial charge < -0.3 is 4.74 Å². The van der Waals surface area contributed by atoms with Crippen molar-refractivity contribution in [2.45, 2.75) is 6.61 Å². The van der Waals surface area contributed by atoms with E-state index < -0.39 is 0 Å². The van der Waals surface area contributed by atoms with E-state index in [-0.39, 0.29) is 0 Å². The van der Waals surface area contributed by atoms with Crippen molar-refractivity contribution in [1.29, 1.82) is 0 Å². The maximum absolute atomic E-state index is 11.4. The molecule has 0 radical (unpaired) electrons. The molecule has 2 aromatic carbocycles. The van der Waals surface area contributed by atoms with Crippen molar-refractivity contribution >= 4 is 17.1 Å². The quantitative estimate of drug-likeness (QED) is 0.675. The van der Waals surface area contributed by atoms with Gasteiger partial charge in [-0.1, -0.05) is 30.3 Å². The Hall–Kier alpha value is -2.68. The molecule has 1 heterocycles. The van der Waals surface area contributed by atoms with E-state index in [1.807, 2.05) is 48.5 Å². The van der Waals surface area contributed by atoms with Gasteiger partial charge in [0.05, 0.1) is 5.56 Å². The number of carbonyl (C=O) groups excluding carboxylic acids is 1. The summed E-state index contributed by atoms with van der Waals surface area (Å²) in [6.45, 7) is 0.418. The van der Waals surface area contributed by atoms with Crippen molar-refractivity contribution in [3.8, 4) is 5.75 Å².